The summed E-state index contributed by atoms with van der Waals surface area (Å²) in [5.74, 6) is 0. The summed E-state index contributed by atoms with van der Waals surface area (Å²) < 4.78 is 0. The van der Waals surface area contributed by atoms with Crippen molar-refractivity contribution in [3.63, 3.8) is 0 Å². The van der Waals surface area contributed by atoms with Gasteiger partial charge in [-0.3, -0.25) is 0 Å². The van der Waals surface area contributed by atoms with Crippen molar-refractivity contribution >= 4 is 29.1 Å². The predicted molar refractivity (Wildman–Crippen MR) is 67.5 cm³/mol. The minimum Gasteiger partial charge on any atom is -0.368 e. The molecule has 1 aliphatic heterocycles. The molecule has 15 heavy (non-hydrogen) atoms. The van der Waals surface area contributed by atoms with Crippen LogP contribution in [0.4, 0.5) is 0 Å². The van der Waals surface area contributed by atoms with Gasteiger partial charge in [-0.1, -0.05) is 41.9 Å². The lowest BCUT2D eigenvalue weighted by Gasteiger charge is -2.22. The van der Waals surface area contributed by atoms with Crippen LogP contribution in [0.15, 0.2) is 41.4 Å². The Balaban J connectivity index is 2.26. The SMILES string of the molecule is CSC1NC(c2ccccc2)=[C]C=C1Cl. The first-order valence-corrected chi connectivity index (χ1v) is 6.31. The Morgan fingerprint density at radius 3 is 2.73 bits per heavy atom. The summed E-state index contributed by atoms with van der Waals surface area (Å²) in [5.41, 5.74) is 2.14. The monoisotopic (exact) mass is 236 g/mol. The molecule has 0 fully saturated rings. The van der Waals surface area contributed by atoms with E-state index < -0.39 is 0 Å². The van der Waals surface area contributed by atoms with Crippen LogP contribution < -0.4 is 5.32 Å². The lowest BCUT2D eigenvalue weighted by Crippen LogP contribution is -2.27. The third kappa shape index (κ3) is 2.39. The van der Waals surface area contributed by atoms with Gasteiger partial charge < -0.3 is 5.32 Å². The number of dihydropyridines is 1. The van der Waals surface area contributed by atoms with E-state index in [0.717, 1.165) is 16.3 Å². The number of benzene rings is 1. The van der Waals surface area contributed by atoms with E-state index in [9.17, 15) is 0 Å². The second-order valence-electron chi connectivity index (χ2n) is 3.17. The minimum absolute atomic E-state index is 0.142. The van der Waals surface area contributed by atoms with Crippen LogP contribution in [0.1, 0.15) is 5.56 Å². The normalized spacial score (nSPS) is 20.3. The van der Waals surface area contributed by atoms with Gasteiger partial charge in [-0.05, 0) is 17.9 Å². The summed E-state index contributed by atoms with van der Waals surface area (Å²) in [6.45, 7) is 0. The molecule has 1 atom stereocenters. The Labute approximate surface area is 99.2 Å². The predicted octanol–water partition coefficient (Wildman–Crippen LogP) is 3.25. The molecular weight excluding hydrogens is 226 g/mol. The fourth-order valence-electron chi connectivity index (χ4n) is 1.40. The standard InChI is InChI=1S/C12H11ClNS/c1-15-12-10(13)7-8-11(14-12)9-5-3-2-4-6-9/h2-7,12,14H,1H3. The van der Waals surface area contributed by atoms with Gasteiger partial charge >= 0.3 is 0 Å². The Morgan fingerprint density at radius 1 is 1.33 bits per heavy atom. The smallest absolute Gasteiger partial charge is 0.108 e. The van der Waals surface area contributed by atoms with Crippen LogP contribution >= 0.6 is 23.4 Å². The van der Waals surface area contributed by atoms with Crippen LogP contribution in [0.25, 0.3) is 5.70 Å². The number of hydrogen-bond acceptors (Lipinski definition) is 2. The largest absolute Gasteiger partial charge is 0.368 e. The van der Waals surface area contributed by atoms with Crippen molar-refractivity contribution in [2.45, 2.75) is 5.37 Å². The summed E-state index contributed by atoms with van der Waals surface area (Å²) in [6.07, 6.45) is 7.01. The maximum absolute atomic E-state index is 6.04. The van der Waals surface area contributed by atoms with E-state index in [2.05, 4.69) is 23.5 Å². The Hall–Kier alpha value is -0.860. The van der Waals surface area contributed by atoms with E-state index in [1.807, 2.05) is 30.5 Å². The molecule has 0 amide bonds. The molecule has 1 radical (unpaired) electrons. The fraction of sp³-hybridized carbons (Fsp3) is 0.167. The highest BCUT2D eigenvalue weighted by Gasteiger charge is 2.16. The second-order valence-corrected chi connectivity index (χ2v) is 4.55. The Morgan fingerprint density at radius 2 is 2.07 bits per heavy atom. The number of rotatable bonds is 2. The zero-order valence-corrected chi connectivity index (χ0v) is 9.90. The molecule has 3 heteroatoms. The van der Waals surface area contributed by atoms with Crippen molar-refractivity contribution in [2.24, 2.45) is 0 Å². The maximum atomic E-state index is 6.04. The molecule has 0 saturated carbocycles. The lowest BCUT2D eigenvalue weighted by atomic mass is 10.1. The second kappa shape index (κ2) is 4.77. The Bertz CT molecular complexity index is 397. The topological polar surface area (TPSA) is 12.0 Å². The van der Waals surface area contributed by atoms with Gasteiger partial charge in [0.15, 0.2) is 0 Å². The number of halogens is 1. The van der Waals surface area contributed by atoms with Crippen molar-refractivity contribution in [1.29, 1.82) is 0 Å². The van der Waals surface area contributed by atoms with Gasteiger partial charge in [-0.2, -0.15) is 0 Å². The average Bonchev–Trinajstić information content (AvgIpc) is 2.31. The van der Waals surface area contributed by atoms with Gasteiger partial charge in [-0.25, -0.2) is 0 Å². The first-order chi connectivity index (χ1) is 7.31. The Kier molecular flexibility index (Phi) is 3.39. The van der Waals surface area contributed by atoms with Gasteiger partial charge in [0, 0.05) is 6.08 Å². The van der Waals surface area contributed by atoms with Crippen LogP contribution in [0.2, 0.25) is 0 Å². The summed E-state index contributed by atoms with van der Waals surface area (Å²) in [7, 11) is 0. The molecule has 1 heterocycles. The van der Waals surface area contributed by atoms with E-state index in [4.69, 9.17) is 11.6 Å². The number of allylic oxidation sites excluding steroid dienone is 2. The molecular formula is C12H11ClNS. The molecule has 0 spiro atoms. The summed E-state index contributed by atoms with van der Waals surface area (Å²) in [5, 5.41) is 4.27. The number of thioether (sulfide) groups is 1. The lowest BCUT2D eigenvalue weighted by molar-refractivity contribution is 0.919. The summed E-state index contributed by atoms with van der Waals surface area (Å²) in [6, 6.07) is 10.1. The summed E-state index contributed by atoms with van der Waals surface area (Å²) in [4.78, 5) is 0. The highest BCUT2D eigenvalue weighted by Crippen LogP contribution is 2.25. The van der Waals surface area contributed by atoms with Gasteiger partial charge in [0.1, 0.15) is 5.37 Å². The first-order valence-electron chi connectivity index (χ1n) is 4.65. The van der Waals surface area contributed by atoms with Crippen molar-refractivity contribution in [1.82, 2.24) is 5.32 Å². The van der Waals surface area contributed by atoms with E-state index in [1.165, 1.54) is 0 Å². The molecule has 1 N–H and O–H groups in total. The molecule has 2 rings (SSSR count). The van der Waals surface area contributed by atoms with E-state index in [1.54, 1.807) is 11.8 Å². The zero-order valence-electron chi connectivity index (χ0n) is 8.33. The van der Waals surface area contributed by atoms with Gasteiger partial charge in [0.25, 0.3) is 0 Å². The van der Waals surface area contributed by atoms with Crippen LogP contribution in [0.5, 0.6) is 0 Å². The molecule has 0 aromatic heterocycles. The molecule has 0 aliphatic carbocycles. The van der Waals surface area contributed by atoms with Crippen molar-refractivity contribution in [3.05, 3.63) is 53.1 Å². The maximum Gasteiger partial charge on any atom is 0.108 e. The minimum atomic E-state index is 0.142. The highest BCUT2D eigenvalue weighted by atomic mass is 35.5. The first kappa shape index (κ1) is 10.7. The summed E-state index contributed by atoms with van der Waals surface area (Å²) >= 11 is 7.72. The van der Waals surface area contributed by atoms with E-state index >= 15 is 0 Å². The molecule has 0 saturated heterocycles. The van der Waals surface area contributed by atoms with Crippen LogP contribution in [-0.4, -0.2) is 11.6 Å². The van der Waals surface area contributed by atoms with Gasteiger partial charge in [0.05, 0.1) is 10.7 Å². The molecule has 0 bridgehead atoms. The van der Waals surface area contributed by atoms with Crippen molar-refractivity contribution in [2.75, 3.05) is 6.26 Å². The molecule has 1 aromatic rings. The van der Waals surface area contributed by atoms with E-state index in [-0.39, 0.29) is 5.37 Å². The van der Waals surface area contributed by atoms with Gasteiger partial charge in [0.2, 0.25) is 0 Å². The quantitative estimate of drug-likeness (QED) is 0.846. The highest BCUT2D eigenvalue weighted by molar-refractivity contribution is 7.99. The molecule has 77 valence electrons. The average molecular weight is 237 g/mol. The van der Waals surface area contributed by atoms with Crippen LogP contribution in [-0.2, 0) is 0 Å². The molecule has 1 aliphatic rings. The van der Waals surface area contributed by atoms with Crippen molar-refractivity contribution < 1.29 is 0 Å². The number of nitrogens with one attached hydrogen (secondary N) is 1. The van der Waals surface area contributed by atoms with Gasteiger partial charge in [-0.15, -0.1) is 11.8 Å². The van der Waals surface area contributed by atoms with Crippen LogP contribution in [0, 0.1) is 6.08 Å². The van der Waals surface area contributed by atoms with Crippen LogP contribution in [0.3, 0.4) is 0 Å². The molecule has 1 nitrogen and oxygen atoms in total. The number of hydrogen-bond donors (Lipinski definition) is 1. The van der Waals surface area contributed by atoms with E-state index in [0.29, 0.717) is 0 Å². The third-order valence-corrected chi connectivity index (χ3v) is 3.48. The molecule has 1 unspecified atom stereocenters. The molecule has 1 aromatic carbocycles. The zero-order chi connectivity index (χ0) is 10.7. The fourth-order valence-corrected chi connectivity index (χ4v) is 2.31. The van der Waals surface area contributed by atoms with Crippen molar-refractivity contribution in [3.8, 4) is 0 Å². The third-order valence-electron chi connectivity index (χ3n) is 2.18.